The van der Waals surface area contributed by atoms with E-state index in [1.54, 1.807) is 12.5 Å². The molecule has 6 heteroatoms. The van der Waals surface area contributed by atoms with Crippen molar-refractivity contribution < 1.29 is 23.8 Å². The van der Waals surface area contributed by atoms with Gasteiger partial charge in [0, 0.05) is 6.42 Å². The molecule has 128 valence electrons. The van der Waals surface area contributed by atoms with E-state index in [1.807, 2.05) is 24.3 Å². The van der Waals surface area contributed by atoms with Gasteiger partial charge < -0.3 is 24.3 Å². The molecule has 0 saturated carbocycles. The van der Waals surface area contributed by atoms with Crippen LogP contribution in [0.1, 0.15) is 17.5 Å². The second-order valence-corrected chi connectivity index (χ2v) is 5.76. The lowest BCUT2D eigenvalue weighted by Crippen LogP contribution is -2.39. The molecule has 1 aliphatic rings. The topological polar surface area (TPSA) is 80.9 Å². The number of ether oxygens (including phenoxy) is 2. The number of carbonyl (C=O) groups is 1. The highest BCUT2D eigenvalue weighted by atomic mass is 16.6. The number of rotatable bonds is 7. The molecule has 1 unspecified atom stereocenters. The summed E-state index contributed by atoms with van der Waals surface area (Å²) in [7, 11) is 0. The highest BCUT2D eigenvalue weighted by Gasteiger charge is 2.15. The lowest BCUT2D eigenvalue weighted by molar-refractivity contribution is -0.122. The number of amides is 1. The molecule has 0 bridgehead atoms. The van der Waals surface area contributed by atoms with Gasteiger partial charge in [0.15, 0.2) is 11.5 Å². The maximum absolute atomic E-state index is 12.1. The van der Waals surface area contributed by atoms with Gasteiger partial charge >= 0.3 is 0 Å². The number of aryl methyl sites for hydroxylation is 1. The van der Waals surface area contributed by atoms with Crippen molar-refractivity contribution in [3.05, 3.63) is 47.9 Å². The number of benzene rings is 1. The van der Waals surface area contributed by atoms with Crippen molar-refractivity contribution in [2.75, 3.05) is 19.8 Å². The van der Waals surface area contributed by atoms with E-state index in [9.17, 15) is 9.90 Å². The SMILES string of the molecule is O=C(CCc1ccc2c(c1)OCCO2)NC(CO)Cc1ccoc1. The van der Waals surface area contributed by atoms with Crippen LogP contribution in [0.2, 0.25) is 0 Å². The molecular weight excluding hydrogens is 310 g/mol. The highest BCUT2D eigenvalue weighted by Crippen LogP contribution is 2.31. The zero-order valence-corrected chi connectivity index (χ0v) is 13.4. The van der Waals surface area contributed by atoms with Crippen LogP contribution in [0.25, 0.3) is 0 Å². The van der Waals surface area contributed by atoms with Crippen LogP contribution in [-0.2, 0) is 17.6 Å². The normalized spacial score (nSPS) is 14.2. The molecule has 1 aliphatic heterocycles. The van der Waals surface area contributed by atoms with E-state index in [1.165, 1.54) is 0 Å². The van der Waals surface area contributed by atoms with Gasteiger partial charge in [-0.2, -0.15) is 0 Å². The van der Waals surface area contributed by atoms with Crippen molar-refractivity contribution in [3.8, 4) is 11.5 Å². The van der Waals surface area contributed by atoms with Gasteiger partial charge in [0.2, 0.25) is 5.91 Å². The average Bonchev–Trinajstić information content (AvgIpc) is 3.12. The molecular formula is C18H21NO5. The smallest absolute Gasteiger partial charge is 0.220 e. The van der Waals surface area contributed by atoms with Crippen LogP contribution in [-0.4, -0.2) is 36.9 Å². The van der Waals surface area contributed by atoms with Gasteiger partial charge in [0.05, 0.1) is 25.2 Å². The minimum atomic E-state index is -0.310. The Morgan fingerprint density at radius 2 is 2.00 bits per heavy atom. The van der Waals surface area contributed by atoms with Crippen molar-refractivity contribution in [1.82, 2.24) is 5.32 Å². The quantitative estimate of drug-likeness (QED) is 0.807. The molecule has 0 fully saturated rings. The third kappa shape index (κ3) is 4.29. The zero-order chi connectivity index (χ0) is 16.8. The zero-order valence-electron chi connectivity index (χ0n) is 13.4. The summed E-state index contributed by atoms with van der Waals surface area (Å²) in [5.41, 5.74) is 1.96. The van der Waals surface area contributed by atoms with Gasteiger partial charge in [0.1, 0.15) is 13.2 Å². The van der Waals surface area contributed by atoms with Crippen molar-refractivity contribution in [3.63, 3.8) is 0 Å². The largest absolute Gasteiger partial charge is 0.486 e. The fourth-order valence-electron chi connectivity index (χ4n) is 2.66. The molecule has 3 rings (SSSR count). The van der Waals surface area contributed by atoms with Gasteiger partial charge in [0.25, 0.3) is 0 Å². The first-order valence-corrected chi connectivity index (χ1v) is 8.04. The summed E-state index contributed by atoms with van der Waals surface area (Å²) < 4.78 is 16.0. The van der Waals surface area contributed by atoms with E-state index in [-0.39, 0.29) is 18.6 Å². The summed E-state index contributed by atoms with van der Waals surface area (Å²) in [5.74, 6) is 1.38. The lowest BCUT2D eigenvalue weighted by Gasteiger charge is -2.19. The Morgan fingerprint density at radius 1 is 1.17 bits per heavy atom. The molecule has 1 atom stereocenters. The van der Waals surface area contributed by atoms with Gasteiger partial charge in [-0.1, -0.05) is 6.07 Å². The average molecular weight is 331 g/mol. The summed E-state index contributed by atoms with van der Waals surface area (Å²) in [4.78, 5) is 12.1. The molecule has 6 nitrogen and oxygen atoms in total. The first-order valence-electron chi connectivity index (χ1n) is 8.04. The van der Waals surface area contributed by atoms with E-state index in [4.69, 9.17) is 13.9 Å². The minimum Gasteiger partial charge on any atom is -0.486 e. The van der Waals surface area contributed by atoms with Gasteiger partial charge in [-0.15, -0.1) is 0 Å². The molecule has 1 aromatic carbocycles. The monoisotopic (exact) mass is 331 g/mol. The highest BCUT2D eigenvalue weighted by molar-refractivity contribution is 5.76. The second kappa shape index (κ2) is 7.88. The minimum absolute atomic E-state index is 0.0903. The Kier molecular flexibility index (Phi) is 5.38. The summed E-state index contributed by atoms with van der Waals surface area (Å²) >= 11 is 0. The van der Waals surface area contributed by atoms with Crippen molar-refractivity contribution in [2.24, 2.45) is 0 Å². The second-order valence-electron chi connectivity index (χ2n) is 5.76. The third-order valence-corrected chi connectivity index (χ3v) is 3.90. The Hall–Kier alpha value is -2.47. The Labute approximate surface area is 140 Å². The van der Waals surface area contributed by atoms with E-state index in [0.717, 1.165) is 22.6 Å². The van der Waals surface area contributed by atoms with Crippen molar-refractivity contribution in [1.29, 1.82) is 0 Å². The third-order valence-electron chi connectivity index (χ3n) is 3.90. The Bertz CT molecular complexity index is 668. The molecule has 0 spiro atoms. The van der Waals surface area contributed by atoms with E-state index >= 15 is 0 Å². The van der Waals surface area contributed by atoms with Crippen LogP contribution >= 0.6 is 0 Å². The maximum atomic E-state index is 12.1. The predicted molar refractivity (Wildman–Crippen MR) is 87.2 cm³/mol. The Balaban J connectivity index is 1.49. The lowest BCUT2D eigenvalue weighted by atomic mass is 10.1. The Morgan fingerprint density at radius 3 is 2.75 bits per heavy atom. The van der Waals surface area contributed by atoms with Crippen LogP contribution < -0.4 is 14.8 Å². The summed E-state index contributed by atoms with van der Waals surface area (Å²) in [6, 6.07) is 7.24. The van der Waals surface area contributed by atoms with Gasteiger partial charge in [-0.05, 0) is 42.2 Å². The first kappa shape index (κ1) is 16.4. The number of furan rings is 1. The van der Waals surface area contributed by atoms with Crippen molar-refractivity contribution >= 4 is 5.91 Å². The van der Waals surface area contributed by atoms with E-state index in [0.29, 0.717) is 32.5 Å². The molecule has 1 aromatic heterocycles. The maximum Gasteiger partial charge on any atom is 0.220 e. The van der Waals surface area contributed by atoms with Crippen LogP contribution in [0, 0.1) is 0 Å². The summed E-state index contributed by atoms with van der Waals surface area (Å²) in [5, 5.41) is 12.3. The van der Waals surface area contributed by atoms with Crippen LogP contribution in [0.15, 0.2) is 41.2 Å². The molecule has 0 aliphatic carbocycles. The summed E-state index contributed by atoms with van der Waals surface area (Å²) in [6.45, 7) is 0.998. The molecule has 1 amide bonds. The van der Waals surface area contributed by atoms with Crippen molar-refractivity contribution in [2.45, 2.75) is 25.3 Å². The molecule has 2 N–H and O–H groups in total. The standard InChI is InChI=1S/C18H21NO5/c20-11-15(9-14-5-6-22-12-14)19-18(21)4-2-13-1-3-16-17(10-13)24-8-7-23-16/h1,3,5-6,10,12,15,20H,2,4,7-9,11H2,(H,19,21). The first-order chi connectivity index (χ1) is 11.7. The van der Waals surface area contributed by atoms with E-state index < -0.39 is 0 Å². The number of fused-ring (bicyclic) bond motifs is 1. The number of hydrogen-bond acceptors (Lipinski definition) is 5. The van der Waals surface area contributed by atoms with Gasteiger partial charge in [-0.25, -0.2) is 0 Å². The molecule has 2 heterocycles. The number of nitrogens with one attached hydrogen (secondary N) is 1. The van der Waals surface area contributed by atoms with E-state index in [2.05, 4.69) is 5.32 Å². The summed E-state index contributed by atoms with van der Waals surface area (Å²) in [6.07, 6.45) is 4.69. The number of aliphatic hydroxyl groups is 1. The predicted octanol–water partition coefficient (Wildman–Crippen LogP) is 1.70. The van der Waals surface area contributed by atoms with Crippen LogP contribution in [0.4, 0.5) is 0 Å². The fraction of sp³-hybridized carbons (Fsp3) is 0.389. The van der Waals surface area contributed by atoms with Crippen LogP contribution in [0.3, 0.4) is 0 Å². The molecule has 24 heavy (non-hydrogen) atoms. The fourth-order valence-corrected chi connectivity index (χ4v) is 2.66. The molecule has 2 aromatic rings. The number of hydrogen-bond donors (Lipinski definition) is 2. The molecule has 0 saturated heterocycles. The van der Waals surface area contributed by atoms with Gasteiger partial charge in [-0.3, -0.25) is 4.79 Å². The molecule has 0 radical (unpaired) electrons. The number of aliphatic hydroxyl groups excluding tert-OH is 1. The number of carbonyl (C=O) groups excluding carboxylic acids is 1. The van der Waals surface area contributed by atoms with Crippen LogP contribution in [0.5, 0.6) is 11.5 Å².